The lowest BCUT2D eigenvalue weighted by Gasteiger charge is -2.36. The number of hydrogen-bond acceptors (Lipinski definition) is 3. The van der Waals surface area contributed by atoms with Crippen LogP contribution >= 0.6 is 0 Å². The first-order valence-electron chi connectivity index (χ1n) is 7.62. The van der Waals surface area contributed by atoms with Crippen molar-refractivity contribution in [3.05, 3.63) is 59.9 Å². The monoisotopic (exact) mass is 314 g/mol. The van der Waals surface area contributed by atoms with Crippen LogP contribution in [0.1, 0.15) is 10.4 Å². The Balaban J connectivity index is 1.65. The zero-order valence-electron chi connectivity index (χ0n) is 13.0. The van der Waals surface area contributed by atoms with Crippen molar-refractivity contribution in [2.24, 2.45) is 0 Å². The summed E-state index contributed by atoms with van der Waals surface area (Å²) < 4.78 is 18.6. The van der Waals surface area contributed by atoms with E-state index in [-0.39, 0.29) is 11.7 Å². The Kier molecular flexibility index (Phi) is 4.46. The summed E-state index contributed by atoms with van der Waals surface area (Å²) in [5.74, 6) is -0.504. The summed E-state index contributed by atoms with van der Waals surface area (Å²) in [5, 5.41) is 0. The fourth-order valence-corrected chi connectivity index (χ4v) is 2.79. The molecule has 2 aromatic rings. The molecule has 0 atom stereocenters. The van der Waals surface area contributed by atoms with Gasteiger partial charge in [-0.1, -0.05) is 18.2 Å². The van der Waals surface area contributed by atoms with Crippen LogP contribution in [0.15, 0.2) is 48.5 Å². The molecule has 0 aliphatic carbocycles. The number of carbonyl (C=O) groups excluding carboxylic acids is 1. The number of rotatable bonds is 3. The van der Waals surface area contributed by atoms with Gasteiger partial charge in [-0.05, 0) is 30.3 Å². The standard InChI is InChI=1S/C18H19FN2O2/c1-23-17-8-7-14(13-16(17)19)18(22)21-11-9-20(10-12-21)15-5-3-2-4-6-15/h2-8,13H,9-12H2,1H3. The molecule has 1 fully saturated rings. The number of para-hydroxylation sites is 1. The number of ether oxygens (including phenoxy) is 1. The first-order valence-corrected chi connectivity index (χ1v) is 7.62. The Bertz CT molecular complexity index is 683. The van der Waals surface area contributed by atoms with Crippen LogP contribution in [0.3, 0.4) is 0 Å². The van der Waals surface area contributed by atoms with Gasteiger partial charge in [0, 0.05) is 37.4 Å². The van der Waals surface area contributed by atoms with Gasteiger partial charge in [0.2, 0.25) is 0 Å². The Labute approximate surface area is 135 Å². The van der Waals surface area contributed by atoms with Crippen molar-refractivity contribution in [2.75, 3.05) is 38.2 Å². The molecule has 0 N–H and O–H groups in total. The lowest BCUT2D eigenvalue weighted by Crippen LogP contribution is -2.48. The van der Waals surface area contributed by atoms with Crippen LogP contribution in [0.5, 0.6) is 5.75 Å². The van der Waals surface area contributed by atoms with E-state index >= 15 is 0 Å². The molecule has 0 unspecified atom stereocenters. The maximum atomic E-state index is 13.8. The van der Waals surface area contributed by atoms with Crippen LogP contribution in [-0.4, -0.2) is 44.1 Å². The van der Waals surface area contributed by atoms with E-state index in [1.165, 1.54) is 19.2 Å². The molecule has 1 amide bonds. The van der Waals surface area contributed by atoms with Gasteiger partial charge >= 0.3 is 0 Å². The number of benzene rings is 2. The highest BCUT2D eigenvalue weighted by atomic mass is 19.1. The molecule has 3 rings (SSSR count). The Morgan fingerprint density at radius 2 is 1.74 bits per heavy atom. The number of hydrogen-bond donors (Lipinski definition) is 0. The third-order valence-corrected chi connectivity index (χ3v) is 4.09. The first-order chi connectivity index (χ1) is 11.2. The minimum absolute atomic E-state index is 0.140. The van der Waals surface area contributed by atoms with Gasteiger partial charge in [0.05, 0.1) is 7.11 Å². The second-order valence-electron chi connectivity index (χ2n) is 5.46. The van der Waals surface area contributed by atoms with E-state index in [9.17, 15) is 9.18 Å². The van der Waals surface area contributed by atoms with Crippen molar-refractivity contribution < 1.29 is 13.9 Å². The molecule has 23 heavy (non-hydrogen) atoms. The maximum Gasteiger partial charge on any atom is 0.254 e. The van der Waals surface area contributed by atoms with Gasteiger partial charge in [-0.15, -0.1) is 0 Å². The topological polar surface area (TPSA) is 32.8 Å². The third-order valence-electron chi connectivity index (χ3n) is 4.09. The van der Waals surface area contributed by atoms with Crippen molar-refractivity contribution >= 4 is 11.6 Å². The molecule has 0 bridgehead atoms. The van der Waals surface area contributed by atoms with E-state index in [1.54, 1.807) is 11.0 Å². The van der Waals surface area contributed by atoms with Gasteiger partial charge in [0.15, 0.2) is 11.6 Å². The molecule has 1 aliphatic rings. The Morgan fingerprint density at radius 1 is 1.04 bits per heavy atom. The fraction of sp³-hybridized carbons (Fsp3) is 0.278. The minimum Gasteiger partial charge on any atom is -0.494 e. The first kappa shape index (κ1) is 15.3. The largest absolute Gasteiger partial charge is 0.494 e. The van der Waals surface area contributed by atoms with Crippen molar-refractivity contribution in [1.82, 2.24) is 4.90 Å². The highest BCUT2D eigenvalue weighted by Crippen LogP contribution is 2.20. The van der Waals surface area contributed by atoms with E-state index in [0.29, 0.717) is 18.7 Å². The maximum absolute atomic E-state index is 13.8. The molecule has 0 radical (unpaired) electrons. The van der Waals surface area contributed by atoms with Gasteiger partial charge in [0.25, 0.3) is 5.91 Å². The predicted molar refractivity (Wildman–Crippen MR) is 87.5 cm³/mol. The SMILES string of the molecule is COc1ccc(C(=O)N2CCN(c3ccccc3)CC2)cc1F. The molecule has 0 saturated carbocycles. The summed E-state index contributed by atoms with van der Waals surface area (Å²) in [5.41, 5.74) is 1.52. The number of piperazine rings is 1. The average molecular weight is 314 g/mol. The molecule has 1 saturated heterocycles. The molecule has 0 aromatic heterocycles. The highest BCUT2D eigenvalue weighted by Gasteiger charge is 2.23. The number of methoxy groups -OCH3 is 1. The molecular formula is C18H19FN2O2. The number of halogens is 1. The summed E-state index contributed by atoms with van der Waals surface area (Å²) in [4.78, 5) is 16.5. The minimum atomic E-state index is -0.513. The molecule has 1 heterocycles. The van der Waals surface area contributed by atoms with Gasteiger partial charge in [-0.2, -0.15) is 0 Å². The van der Waals surface area contributed by atoms with Crippen molar-refractivity contribution in [2.45, 2.75) is 0 Å². The molecule has 5 heteroatoms. The van der Waals surface area contributed by atoms with Gasteiger partial charge in [-0.3, -0.25) is 4.79 Å². The zero-order chi connectivity index (χ0) is 16.2. The van der Waals surface area contributed by atoms with Crippen LogP contribution in [0, 0.1) is 5.82 Å². The lowest BCUT2D eigenvalue weighted by atomic mass is 10.1. The van der Waals surface area contributed by atoms with Gasteiger partial charge < -0.3 is 14.5 Å². The second kappa shape index (κ2) is 6.69. The molecule has 0 spiro atoms. The molecule has 4 nitrogen and oxygen atoms in total. The summed E-state index contributed by atoms with van der Waals surface area (Å²) in [6.45, 7) is 2.80. The second-order valence-corrected chi connectivity index (χ2v) is 5.46. The smallest absolute Gasteiger partial charge is 0.254 e. The van der Waals surface area contributed by atoms with Crippen molar-refractivity contribution in [3.63, 3.8) is 0 Å². The predicted octanol–water partition coefficient (Wildman–Crippen LogP) is 2.80. The normalized spacial score (nSPS) is 14.7. The number of carbonyl (C=O) groups is 1. The third kappa shape index (κ3) is 3.28. The van der Waals surface area contributed by atoms with Gasteiger partial charge in [0.1, 0.15) is 0 Å². The van der Waals surface area contributed by atoms with E-state index in [0.717, 1.165) is 18.8 Å². The molecular weight excluding hydrogens is 295 g/mol. The van der Waals surface area contributed by atoms with Crippen LogP contribution in [0.4, 0.5) is 10.1 Å². The summed E-state index contributed by atoms with van der Waals surface area (Å²) in [6, 6.07) is 14.5. The quantitative estimate of drug-likeness (QED) is 0.873. The number of amides is 1. The van der Waals surface area contributed by atoms with Crippen molar-refractivity contribution in [1.29, 1.82) is 0 Å². The molecule has 120 valence electrons. The van der Waals surface area contributed by atoms with E-state index in [4.69, 9.17) is 4.74 Å². The summed E-state index contributed by atoms with van der Waals surface area (Å²) in [6.07, 6.45) is 0. The Hall–Kier alpha value is -2.56. The average Bonchev–Trinajstić information content (AvgIpc) is 2.62. The molecule has 2 aromatic carbocycles. The highest BCUT2D eigenvalue weighted by molar-refractivity contribution is 5.94. The Morgan fingerprint density at radius 3 is 2.35 bits per heavy atom. The number of nitrogens with zero attached hydrogens (tertiary/aromatic N) is 2. The van der Waals surface area contributed by atoms with Gasteiger partial charge in [-0.25, -0.2) is 4.39 Å². The fourth-order valence-electron chi connectivity index (χ4n) is 2.79. The summed E-state index contributed by atoms with van der Waals surface area (Å²) >= 11 is 0. The number of anilines is 1. The summed E-state index contributed by atoms with van der Waals surface area (Å²) in [7, 11) is 1.41. The zero-order valence-corrected chi connectivity index (χ0v) is 13.0. The van der Waals surface area contributed by atoms with Crippen LogP contribution in [0.25, 0.3) is 0 Å². The molecule has 1 aliphatic heterocycles. The van der Waals surface area contributed by atoms with E-state index < -0.39 is 5.82 Å². The van der Waals surface area contributed by atoms with Crippen LogP contribution in [0.2, 0.25) is 0 Å². The van der Waals surface area contributed by atoms with Crippen molar-refractivity contribution in [3.8, 4) is 5.75 Å². The van der Waals surface area contributed by atoms with Crippen LogP contribution in [-0.2, 0) is 0 Å². The van der Waals surface area contributed by atoms with Crippen LogP contribution < -0.4 is 9.64 Å². The van der Waals surface area contributed by atoms with E-state index in [1.807, 2.05) is 18.2 Å². The lowest BCUT2D eigenvalue weighted by molar-refractivity contribution is 0.0746. The van der Waals surface area contributed by atoms with E-state index in [2.05, 4.69) is 17.0 Å².